The highest BCUT2D eigenvalue weighted by Gasteiger charge is 2.45. The summed E-state index contributed by atoms with van der Waals surface area (Å²) in [7, 11) is 1.44. The highest BCUT2D eigenvalue weighted by molar-refractivity contribution is 6.30. The number of esters is 1. The van der Waals surface area contributed by atoms with Gasteiger partial charge in [-0.25, -0.2) is 4.79 Å². The number of rotatable bonds is 3. The van der Waals surface area contributed by atoms with Crippen LogP contribution in [0.2, 0.25) is 5.02 Å². The number of methoxy groups -OCH3 is 1. The SMILES string of the molecule is COC(=O)C1(Nc2ccc(Cl)cc2)CCC(C)C1. The first-order valence-corrected chi connectivity index (χ1v) is 6.56. The zero-order valence-electron chi connectivity index (χ0n) is 10.7. The topological polar surface area (TPSA) is 38.3 Å². The Morgan fingerprint density at radius 3 is 2.61 bits per heavy atom. The Morgan fingerprint density at radius 1 is 1.44 bits per heavy atom. The van der Waals surface area contributed by atoms with E-state index in [9.17, 15) is 4.79 Å². The monoisotopic (exact) mass is 267 g/mol. The lowest BCUT2D eigenvalue weighted by atomic mass is 9.95. The molecular weight excluding hydrogens is 250 g/mol. The van der Waals surface area contributed by atoms with Crippen LogP contribution >= 0.6 is 11.6 Å². The molecule has 1 aliphatic carbocycles. The van der Waals surface area contributed by atoms with Crippen LogP contribution in [0.3, 0.4) is 0 Å². The number of carbonyl (C=O) groups excluding carboxylic acids is 1. The van der Waals surface area contributed by atoms with Crippen LogP contribution in [-0.4, -0.2) is 18.6 Å². The van der Waals surface area contributed by atoms with Crippen molar-refractivity contribution in [2.45, 2.75) is 31.7 Å². The largest absolute Gasteiger partial charge is 0.467 e. The smallest absolute Gasteiger partial charge is 0.331 e. The van der Waals surface area contributed by atoms with Crippen molar-refractivity contribution in [3.05, 3.63) is 29.3 Å². The van der Waals surface area contributed by atoms with Crippen molar-refractivity contribution in [1.29, 1.82) is 0 Å². The highest BCUT2D eigenvalue weighted by Crippen LogP contribution is 2.38. The Bertz CT molecular complexity index is 432. The molecule has 1 saturated carbocycles. The third-order valence-electron chi connectivity index (χ3n) is 3.56. The van der Waals surface area contributed by atoms with E-state index in [1.54, 1.807) is 0 Å². The van der Waals surface area contributed by atoms with Gasteiger partial charge in [-0.05, 0) is 49.4 Å². The number of benzene rings is 1. The average molecular weight is 268 g/mol. The number of hydrogen-bond donors (Lipinski definition) is 1. The zero-order chi connectivity index (χ0) is 13.2. The minimum absolute atomic E-state index is 0.179. The molecule has 3 nitrogen and oxygen atoms in total. The Kier molecular flexibility index (Phi) is 3.81. The van der Waals surface area contributed by atoms with Crippen molar-refractivity contribution in [3.8, 4) is 0 Å². The van der Waals surface area contributed by atoms with Gasteiger partial charge in [0.2, 0.25) is 0 Å². The summed E-state index contributed by atoms with van der Waals surface area (Å²) >= 11 is 5.86. The molecule has 0 aromatic heterocycles. The van der Waals surface area contributed by atoms with Crippen molar-refractivity contribution in [3.63, 3.8) is 0 Å². The van der Waals surface area contributed by atoms with E-state index in [2.05, 4.69) is 12.2 Å². The summed E-state index contributed by atoms with van der Waals surface area (Å²) in [6.45, 7) is 2.16. The predicted molar refractivity (Wildman–Crippen MR) is 72.8 cm³/mol. The fraction of sp³-hybridized carbons (Fsp3) is 0.500. The Morgan fingerprint density at radius 2 is 2.11 bits per heavy atom. The molecule has 0 amide bonds. The number of hydrogen-bond acceptors (Lipinski definition) is 3. The maximum Gasteiger partial charge on any atom is 0.331 e. The van der Waals surface area contributed by atoms with E-state index in [1.165, 1.54) is 7.11 Å². The normalized spacial score (nSPS) is 26.9. The molecule has 1 aromatic carbocycles. The van der Waals surface area contributed by atoms with E-state index in [-0.39, 0.29) is 5.97 Å². The first-order chi connectivity index (χ1) is 8.55. The van der Waals surface area contributed by atoms with E-state index in [0.717, 1.165) is 24.9 Å². The van der Waals surface area contributed by atoms with Gasteiger partial charge in [0.05, 0.1) is 7.11 Å². The molecule has 0 radical (unpaired) electrons. The molecule has 0 aliphatic heterocycles. The summed E-state index contributed by atoms with van der Waals surface area (Å²) in [6.07, 6.45) is 2.65. The zero-order valence-corrected chi connectivity index (χ0v) is 11.5. The lowest BCUT2D eigenvalue weighted by Gasteiger charge is -2.28. The molecule has 1 fully saturated rings. The van der Waals surface area contributed by atoms with Gasteiger partial charge in [0.25, 0.3) is 0 Å². The van der Waals surface area contributed by atoms with Crippen LogP contribution in [0.25, 0.3) is 0 Å². The minimum atomic E-state index is -0.581. The molecule has 0 saturated heterocycles. The maximum absolute atomic E-state index is 12.0. The lowest BCUT2D eigenvalue weighted by molar-refractivity contribution is -0.145. The van der Waals surface area contributed by atoms with Crippen LogP contribution in [0.4, 0.5) is 5.69 Å². The van der Waals surface area contributed by atoms with Crippen LogP contribution in [0.15, 0.2) is 24.3 Å². The van der Waals surface area contributed by atoms with Gasteiger partial charge in [0.1, 0.15) is 5.54 Å². The molecule has 1 aromatic rings. The van der Waals surface area contributed by atoms with Crippen molar-refractivity contribution in [2.75, 3.05) is 12.4 Å². The third-order valence-corrected chi connectivity index (χ3v) is 3.82. The summed E-state index contributed by atoms with van der Waals surface area (Å²) in [5.41, 5.74) is 0.320. The molecule has 4 heteroatoms. The van der Waals surface area contributed by atoms with Gasteiger partial charge in [0, 0.05) is 10.7 Å². The first kappa shape index (κ1) is 13.2. The summed E-state index contributed by atoms with van der Waals surface area (Å²) in [5.74, 6) is 0.353. The molecule has 18 heavy (non-hydrogen) atoms. The van der Waals surface area contributed by atoms with E-state index < -0.39 is 5.54 Å². The molecule has 0 heterocycles. The van der Waals surface area contributed by atoms with Crippen molar-refractivity contribution in [1.82, 2.24) is 0 Å². The Hall–Kier alpha value is -1.22. The second-order valence-electron chi connectivity index (χ2n) is 5.05. The highest BCUT2D eigenvalue weighted by atomic mass is 35.5. The number of halogens is 1. The average Bonchev–Trinajstić information content (AvgIpc) is 2.74. The minimum Gasteiger partial charge on any atom is -0.467 e. The fourth-order valence-corrected chi connectivity index (χ4v) is 2.77. The van der Waals surface area contributed by atoms with E-state index in [1.807, 2.05) is 24.3 Å². The standard InChI is InChI=1S/C14H18ClNO2/c1-10-7-8-14(9-10,13(17)18-2)16-12-5-3-11(15)4-6-12/h3-6,10,16H,7-9H2,1-2H3. The van der Waals surface area contributed by atoms with E-state index in [4.69, 9.17) is 16.3 Å². The lowest BCUT2D eigenvalue weighted by Crippen LogP contribution is -2.45. The van der Waals surface area contributed by atoms with Gasteiger partial charge in [-0.1, -0.05) is 18.5 Å². The number of carbonyl (C=O) groups is 1. The molecule has 2 unspecified atom stereocenters. The Labute approximate surface area is 112 Å². The molecule has 98 valence electrons. The first-order valence-electron chi connectivity index (χ1n) is 6.18. The van der Waals surface area contributed by atoms with Gasteiger partial charge in [-0.15, -0.1) is 0 Å². The van der Waals surface area contributed by atoms with Crippen LogP contribution in [0.5, 0.6) is 0 Å². The molecule has 1 N–H and O–H groups in total. The van der Waals surface area contributed by atoms with Crippen LogP contribution < -0.4 is 5.32 Å². The molecule has 2 rings (SSSR count). The van der Waals surface area contributed by atoms with Gasteiger partial charge in [-0.3, -0.25) is 0 Å². The van der Waals surface area contributed by atoms with Crippen LogP contribution in [0, 0.1) is 5.92 Å². The van der Waals surface area contributed by atoms with Gasteiger partial charge >= 0.3 is 5.97 Å². The summed E-state index contributed by atoms with van der Waals surface area (Å²) in [6, 6.07) is 7.40. The van der Waals surface area contributed by atoms with Gasteiger partial charge < -0.3 is 10.1 Å². The number of nitrogens with one attached hydrogen (secondary N) is 1. The van der Waals surface area contributed by atoms with Crippen LogP contribution in [0.1, 0.15) is 26.2 Å². The quantitative estimate of drug-likeness (QED) is 0.852. The number of ether oxygens (including phenoxy) is 1. The number of anilines is 1. The second-order valence-corrected chi connectivity index (χ2v) is 5.49. The van der Waals surface area contributed by atoms with Crippen molar-refractivity contribution in [2.24, 2.45) is 5.92 Å². The summed E-state index contributed by atoms with van der Waals surface area (Å²) in [4.78, 5) is 12.0. The van der Waals surface area contributed by atoms with E-state index >= 15 is 0 Å². The Balaban J connectivity index is 2.20. The predicted octanol–water partition coefficient (Wildman–Crippen LogP) is 3.48. The van der Waals surface area contributed by atoms with E-state index in [0.29, 0.717) is 10.9 Å². The molecular formula is C14H18ClNO2. The van der Waals surface area contributed by atoms with Crippen LogP contribution in [-0.2, 0) is 9.53 Å². The third kappa shape index (κ3) is 2.61. The second kappa shape index (κ2) is 5.19. The summed E-state index contributed by atoms with van der Waals surface area (Å²) < 4.78 is 4.95. The molecule has 1 aliphatic rings. The molecule has 2 atom stereocenters. The molecule has 0 bridgehead atoms. The van der Waals surface area contributed by atoms with Gasteiger partial charge in [-0.2, -0.15) is 0 Å². The van der Waals surface area contributed by atoms with Crippen molar-refractivity contribution < 1.29 is 9.53 Å². The maximum atomic E-state index is 12.0. The van der Waals surface area contributed by atoms with Gasteiger partial charge in [0.15, 0.2) is 0 Å². The molecule has 0 spiro atoms. The fourth-order valence-electron chi connectivity index (χ4n) is 2.65. The van der Waals surface area contributed by atoms with Crippen molar-refractivity contribution >= 4 is 23.3 Å². The summed E-state index contributed by atoms with van der Waals surface area (Å²) in [5, 5.41) is 4.02.